The molecule has 148 valence electrons. The molecule has 1 aromatic heterocycles. The molecule has 6 heteroatoms. The number of carbonyl (C=O) groups is 2. The molecular formula is C22H27N3O3. The van der Waals surface area contributed by atoms with Crippen LogP contribution in [-0.4, -0.2) is 46.4 Å². The summed E-state index contributed by atoms with van der Waals surface area (Å²) in [6.07, 6.45) is 8.51. The first kappa shape index (κ1) is 20.0. The Kier molecular flexibility index (Phi) is 6.74. The number of ether oxygens (including phenoxy) is 1. The van der Waals surface area contributed by atoms with Gasteiger partial charge in [0.1, 0.15) is 5.69 Å². The minimum Gasteiger partial charge on any atom is -0.466 e. The summed E-state index contributed by atoms with van der Waals surface area (Å²) in [7, 11) is 0. The zero-order chi connectivity index (χ0) is 19.8. The Morgan fingerprint density at radius 1 is 1.21 bits per heavy atom. The number of aryl methyl sites for hydroxylation is 1. The van der Waals surface area contributed by atoms with E-state index in [0.29, 0.717) is 31.8 Å². The Hall–Kier alpha value is -2.76. The Bertz CT molecular complexity index is 782. The number of nitrogens with zero attached hydrogens (tertiary/aromatic N) is 3. The molecule has 0 bridgehead atoms. The fourth-order valence-corrected chi connectivity index (χ4v) is 3.91. The highest BCUT2D eigenvalue weighted by Crippen LogP contribution is 2.37. The number of aromatic nitrogens is 2. The number of carbonyl (C=O) groups excluding carboxylic acids is 2. The summed E-state index contributed by atoms with van der Waals surface area (Å²) < 4.78 is 5.42. The summed E-state index contributed by atoms with van der Waals surface area (Å²) >= 11 is 0. The van der Waals surface area contributed by atoms with Crippen molar-refractivity contribution in [1.29, 1.82) is 0 Å². The van der Waals surface area contributed by atoms with Crippen molar-refractivity contribution in [3.05, 3.63) is 60.2 Å². The van der Waals surface area contributed by atoms with Gasteiger partial charge in [-0.1, -0.05) is 30.3 Å². The summed E-state index contributed by atoms with van der Waals surface area (Å²) in [6, 6.07) is 10.3. The average molecular weight is 381 g/mol. The quantitative estimate of drug-likeness (QED) is 0.688. The molecule has 3 rings (SSSR count). The molecule has 1 amide bonds. The van der Waals surface area contributed by atoms with Crippen molar-refractivity contribution in [2.24, 2.45) is 5.41 Å². The molecule has 0 radical (unpaired) electrons. The Morgan fingerprint density at radius 3 is 2.75 bits per heavy atom. The van der Waals surface area contributed by atoms with Crippen molar-refractivity contribution >= 4 is 11.9 Å². The maximum absolute atomic E-state index is 12.9. The van der Waals surface area contributed by atoms with E-state index in [1.165, 1.54) is 18.0 Å². The zero-order valence-electron chi connectivity index (χ0n) is 16.3. The molecule has 1 atom stereocenters. The van der Waals surface area contributed by atoms with Gasteiger partial charge in [-0.15, -0.1) is 0 Å². The molecule has 2 heterocycles. The van der Waals surface area contributed by atoms with Crippen LogP contribution in [-0.2, 0) is 16.0 Å². The zero-order valence-corrected chi connectivity index (χ0v) is 16.3. The van der Waals surface area contributed by atoms with E-state index in [4.69, 9.17) is 4.74 Å². The second-order valence-corrected chi connectivity index (χ2v) is 7.26. The van der Waals surface area contributed by atoms with Gasteiger partial charge in [-0.3, -0.25) is 14.6 Å². The lowest BCUT2D eigenvalue weighted by atomic mass is 9.75. The first-order chi connectivity index (χ1) is 13.6. The minimum absolute atomic E-state index is 0.176. The van der Waals surface area contributed by atoms with Crippen LogP contribution in [0.1, 0.15) is 48.7 Å². The van der Waals surface area contributed by atoms with Gasteiger partial charge in [-0.2, -0.15) is 0 Å². The number of piperidine rings is 1. The third-order valence-electron chi connectivity index (χ3n) is 5.32. The van der Waals surface area contributed by atoms with Crippen molar-refractivity contribution in [3.8, 4) is 0 Å². The number of likely N-dealkylation sites (tertiary alicyclic amines) is 1. The highest BCUT2D eigenvalue weighted by molar-refractivity contribution is 5.92. The molecule has 1 aromatic carbocycles. The summed E-state index contributed by atoms with van der Waals surface area (Å²) in [5, 5.41) is 0. The molecule has 2 aromatic rings. The van der Waals surface area contributed by atoms with Crippen molar-refractivity contribution in [3.63, 3.8) is 0 Å². The van der Waals surface area contributed by atoms with Crippen LogP contribution in [0.15, 0.2) is 48.9 Å². The third kappa shape index (κ3) is 4.74. The van der Waals surface area contributed by atoms with E-state index in [1.807, 2.05) is 25.1 Å². The predicted octanol–water partition coefficient (Wildman–Crippen LogP) is 3.29. The molecule has 1 saturated heterocycles. The van der Waals surface area contributed by atoms with Crippen molar-refractivity contribution in [2.75, 3.05) is 19.7 Å². The van der Waals surface area contributed by atoms with Crippen LogP contribution in [0, 0.1) is 5.41 Å². The normalized spacial score (nSPS) is 19.2. The molecule has 0 aliphatic carbocycles. The maximum atomic E-state index is 12.9. The molecule has 28 heavy (non-hydrogen) atoms. The number of hydrogen-bond donors (Lipinski definition) is 0. The van der Waals surface area contributed by atoms with Crippen molar-refractivity contribution in [1.82, 2.24) is 14.9 Å². The average Bonchev–Trinajstić information content (AvgIpc) is 2.75. The molecule has 1 fully saturated rings. The molecule has 0 N–H and O–H groups in total. The van der Waals surface area contributed by atoms with Gasteiger partial charge in [0.2, 0.25) is 0 Å². The fraction of sp³-hybridized carbons (Fsp3) is 0.455. The van der Waals surface area contributed by atoms with Gasteiger partial charge in [-0.05, 0) is 44.6 Å². The number of amides is 1. The fourth-order valence-electron chi connectivity index (χ4n) is 3.91. The molecule has 1 aliphatic heterocycles. The number of hydrogen-bond acceptors (Lipinski definition) is 5. The second-order valence-electron chi connectivity index (χ2n) is 7.26. The highest BCUT2D eigenvalue weighted by Gasteiger charge is 2.44. The van der Waals surface area contributed by atoms with E-state index in [0.717, 1.165) is 25.7 Å². The van der Waals surface area contributed by atoms with Crippen LogP contribution < -0.4 is 0 Å². The Morgan fingerprint density at radius 2 is 2.04 bits per heavy atom. The Labute approximate surface area is 165 Å². The topological polar surface area (TPSA) is 72.4 Å². The number of benzene rings is 1. The SMILES string of the molecule is CCOC(=O)C1(CCCc2ccccc2)CCCN(C(=O)c2cnccn2)C1. The van der Waals surface area contributed by atoms with E-state index in [-0.39, 0.29) is 11.9 Å². The molecule has 6 nitrogen and oxygen atoms in total. The Balaban J connectivity index is 1.72. The summed E-state index contributed by atoms with van der Waals surface area (Å²) in [5.41, 5.74) is 0.914. The van der Waals surface area contributed by atoms with Crippen LogP contribution >= 0.6 is 0 Å². The van der Waals surface area contributed by atoms with Gasteiger partial charge in [0.25, 0.3) is 5.91 Å². The molecule has 1 aliphatic rings. The van der Waals surface area contributed by atoms with Crippen LogP contribution in [0.25, 0.3) is 0 Å². The van der Waals surface area contributed by atoms with Gasteiger partial charge in [0.15, 0.2) is 0 Å². The summed E-state index contributed by atoms with van der Waals surface area (Å²) in [6.45, 7) is 3.16. The monoisotopic (exact) mass is 381 g/mol. The van der Waals surface area contributed by atoms with Crippen molar-refractivity contribution < 1.29 is 14.3 Å². The van der Waals surface area contributed by atoms with E-state index < -0.39 is 5.41 Å². The number of rotatable bonds is 7. The summed E-state index contributed by atoms with van der Waals surface area (Å²) in [5.74, 6) is -0.371. The third-order valence-corrected chi connectivity index (χ3v) is 5.32. The van der Waals surface area contributed by atoms with Gasteiger partial charge in [-0.25, -0.2) is 4.98 Å². The molecule has 1 unspecified atom stereocenters. The lowest BCUT2D eigenvalue weighted by Gasteiger charge is -2.41. The molecule has 0 saturated carbocycles. The van der Waals surface area contributed by atoms with Crippen LogP contribution in [0.2, 0.25) is 0 Å². The first-order valence-corrected chi connectivity index (χ1v) is 9.91. The lowest BCUT2D eigenvalue weighted by molar-refractivity contribution is -0.159. The van der Waals surface area contributed by atoms with E-state index in [9.17, 15) is 9.59 Å². The van der Waals surface area contributed by atoms with E-state index in [2.05, 4.69) is 22.1 Å². The van der Waals surface area contributed by atoms with Crippen LogP contribution in [0.3, 0.4) is 0 Å². The van der Waals surface area contributed by atoms with Crippen molar-refractivity contribution in [2.45, 2.75) is 39.0 Å². The number of esters is 1. The predicted molar refractivity (Wildman–Crippen MR) is 106 cm³/mol. The molecular weight excluding hydrogens is 354 g/mol. The lowest BCUT2D eigenvalue weighted by Crippen LogP contribution is -2.50. The smallest absolute Gasteiger partial charge is 0.313 e. The van der Waals surface area contributed by atoms with Gasteiger partial charge >= 0.3 is 5.97 Å². The first-order valence-electron chi connectivity index (χ1n) is 9.91. The van der Waals surface area contributed by atoms with Crippen LogP contribution in [0.5, 0.6) is 0 Å². The highest BCUT2D eigenvalue weighted by atomic mass is 16.5. The standard InChI is InChI=1S/C22H27N3O3/c1-2-28-21(27)22(11-6-10-18-8-4-3-5-9-18)12-7-15-25(17-22)20(26)19-16-23-13-14-24-19/h3-5,8-9,13-14,16H,2,6-7,10-12,15,17H2,1H3. The van der Waals surface area contributed by atoms with E-state index in [1.54, 1.807) is 11.1 Å². The van der Waals surface area contributed by atoms with Gasteiger partial charge in [0, 0.05) is 25.5 Å². The summed E-state index contributed by atoms with van der Waals surface area (Å²) in [4.78, 5) is 35.5. The maximum Gasteiger partial charge on any atom is 0.313 e. The van der Waals surface area contributed by atoms with Gasteiger partial charge in [0.05, 0.1) is 18.2 Å². The minimum atomic E-state index is -0.652. The van der Waals surface area contributed by atoms with E-state index >= 15 is 0 Å². The molecule has 0 spiro atoms. The second kappa shape index (κ2) is 9.44. The van der Waals surface area contributed by atoms with Gasteiger partial charge < -0.3 is 9.64 Å². The largest absolute Gasteiger partial charge is 0.466 e. The van der Waals surface area contributed by atoms with Crippen LogP contribution in [0.4, 0.5) is 0 Å².